The highest BCUT2D eigenvalue weighted by Crippen LogP contribution is 2.15. The van der Waals surface area contributed by atoms with Crippen LogP contribution in [0, 0.1) is 11.8 Å². The van der Waals surface area contributed by atoms with Crippen molar-refractivity contribution >= 4 is 6.03 Å². The number of benzene rings is 1. The molecule has 0 unspecified atom stereocenters. The Morgan fingerprint density at radius 2 is 2.00 bits per heavy atom. The standard InChI is InChI=1S/C22H37N3O2/c1-18(2)17-27-21-10-8-20(9-11-21)15-24-22(26)23-12-4-5-13-25-14-6-7-19(3)16-25/h8-11,18-19H,4-7,12-17H2,1-3H3,(H2,23,24,26)/t19-/m1/s1. The number of urea groups is 1. The molecule has 5 nitrogen and oxygen atoms in total. The second-order valence-electron chi connectivity index (χ2n) is 8.21. The van der Waals surface area contributed by atoms with Gasteiger partial charge in [-0.15, -0.1) is 0 Å². The monoisotopic (exact) mass is 375 g/mol. The first-order valence-electron chi connectivity index (χ1n) is 10.5. The second-order valence-corrected chi connectivity index (χ2v) is 8.21. The van der Waals surface area contributed by atoms with Gasteiger partial charge in [0.15, 0.2) is 0 Å². The van der Waals surface area contributed by atoms with Gasteiger partial charge >= 0.3 is 6.03 Å². The molecule has 2 rings (SSSR count). The molecule has 1 heterocycles. The van der Waals surface area contributed by atoms with Crippen molar-refractivity contribution in [1.29, 1.82) is 0 Å². The van der Waals surface area contributed by atoms with E-state index < -0.39 is 0 Å². The number of carbonyl (C=O) groups excluding carboxylic acids is 1. The van der Waals surface area contributed by atoms with Crippen molar-refractivity contribution in [2.24, 2.45) is 11.8 Å². The summed E-state index contributed by atoms with van der Waals surface area (Å²) in [5.41, 5.74) is 1.07. The summed E-state index contributed by atoms with van der Waals surface area (Å²) in [6, 6.07) is 7.81. The van der Waals surface area contributed by atoms with Crippen LogP contribution in [0.4, 0.5) is 4.79 Å². The van der Waals surface area contributed by atoms with Gasteiger partial charge in [-0.05, 0) is 68.3 Å². The molecule has 0 saturated carbocycles. The van der Waals surface area contributed by atoms with E-state index in [0.717, 1.165) is 49.8 Å². The SMILES string of the molecule is CC(C)COc1ccc(CNC(=O)NCCCCN2CCC[C@@H](C)C2)cc1. The number of carbonyl (C=O) groups is 1. The lowest BCUT2D eigenvalue weighted by atomic mass is 10.0. The zero-order chi connectivity index (χ0) is 19.5. The van der Waals surface area contributed by atoms with Crippen molar-refractivity contribution < 1.29 is 9.53 Å². The minimum Gasteiger partial charge on any atom is -0.493 e. The number of nitrogens with zero attached hydrogens (tertiary/aromatic N) is 1. The highest BCUT2D eigenvalue weighted by Gasteiger charge is 2.15. The van der Waals surface area contributed by atoms with E-state index in [4.69, 9.17) is 4.74 Å². The lowest BCUT2D eigenvalue weighted by Gasteiger charge is -2.30. The number of likely N-dealkylation sites (tertiary alicyclic amines) is 1. The highest BCUT2D eigenvalue weighted by atomic mass is 16.5. The van der Waals surface area contributed by atoms with E-state index in [-0.39, 0.29) is 6.03 Å². The van der Waals surface area contributed by atoms with Crippen LogP contribution in [0.2, 0.25) is 0 Å². The number of ether oxygens (including phenoxy) is 1. The van der Waals surface area contributed by atoms with E-state index in [0.29, 0.717) is 12.5 Å². The number of hydrogen-bond acceptors (Lipinski definition) is 3. The molecular weight excluding hydrogens is 338 g/mol. The third-order valence-corrected chi connectivity index (χ3v) is 4.89. The largest absolute Gasteiger partial charge is 0.493 e. The molecule has 1 atom stereocenters. The van der Waals surface area contributed by atoms with Crippen LogP contribution in [0.1, 0.15) is 52.0 Å². The normalized spacial score (nSPS) is 17.7. The Balaban J connectivity index is 1.53. The average molecular weight is 376 g/mol. The molecule has 1 saturated heterocycles. The molecule has 1 aromatic carbocycles. The molecule has 27 heavy (non-hydrogen) atoms. The summed E-state index contributed by atoms with van der Waals surface area (Å²) >= 11 is 0. The molecule has 2 amide bonds. The van der Waals surface area contributed by atoms with Gasteiger partial charge in [0.1, 0.15) is 5.75 Å². The van der Waals surface area contributed by atoms with Gasteiger partial charge in [-0.1, -0.05) is 32.9 Å². The molecule has 152 valence electrons. The number of hydrogen-bond donors (Lipinski definition) is 2. The van der Waals surface area contributed by atoms with E-state index >= 15 is 0 Å². The third kappa shape index (κ3) is 9.14. The van der Waals surface area contributed by atoms with Gasteiger partial charge in [-0.3, -0.25) is 0 Å². The molecule has 1 aromatic rings. The molecule has 0 radical (unpaired) electrons. The summed E-state index contributed by atoms with van der Waals surface area (Å²) in [6.07, 6.45) is 4.86. The molecule has 0 bridgehead atoms. The van der Waals surface area contributed by atoms with Gasteiger partial charge in [0, 0.05) is 19.6 Å². The minimum atomic E-state index is -0.0956. The summed E-state index contributed by atoms with van der Waals surface area (Å²) in [4.78, 5) is 14.5. The fraction of sp³-hybridized carbons (Fsp3) is 0.682. The molecule has 2 N–H and O–H groups in total. The number of piperidine rings is 1. The topological polar surface area (TPSA) is 53.6 Å². The Hall–Kier alpha value is -1.75. The summed E-state index contributed by atoms with van der Waals surface area (Å²) < 4.78 is 5.67. The van der Waals surface area contributed by atoms with Crippen molar-refractivity contribution in [2.75, 3.05) is 32.8 Å². The quantitative estimate of drug-likeness (QED) is 0.607. The lowest BCUT2D eigenvalue weighted by molar-refractivity contribution is 0.181. The average Bonchev–Trinajstić information content (AvgIpc) is 2.65. The maximum Gasteiger partial charge on any atom is 0.315 e. The molecule has 1 aliphatic rings. The van der Waals surface area contributed by atoms with Gasteiger partial charge < -0.3 is 20.3 Å². The fourth-order valence-corrected chi connectivity index (χ4v) is 3.36. The Morgan fingerprint density at radius 1 is 1.22 bits per heavy atom. The maximum atomic E-state index is 11.9. The Morgan fingerprint density at radius 3 is 2.70 bits per heavy atom. The first-order valence-corrected chi connectivity index (χ1v) is 10.5. The van der Waals surface area contributed by atoms with Crippen molar-refractivity contribution in [3.8, 4) is 5.75 Å². The van der Waals surface area contributed by atoms with Crippen LogP contribution in [0.15, 0.2) is 24.3 Å². The van der Waals surface area contributed by atoms with Crippen molar-refractivity contribution in [1.82, 2.24) is 15.5 Å². The zero-order valence-corrected chi connectivity index (χ0v) is 17.3. The van der Waals surface area contributed by atoms with Crippen LogP contribution in [-0.2, 0) is 6.54 Å². The second kappa shape index (κ2) is 11.9. The molecule has 1 aliphatic heterocycles. The first kappa shape index (κ1) is 21.5. The predicted molar refractivity (Wildman–Crippen MR) is 111 cm³/mol. The molecule has 0 aliphatic carbocycles. The number of unbranched alkanes of at least 4 members (excludes halogenated alkanes) is 1. The van der Waals surface area contributed by atoms with Crippen molar-refractivity contribution in [3.63, 3.8) is 0 Å². The predicted octanol–water partition coefficient (Wildman–Crippen LogP) is 4.03. The van der Waals surface area contributed by atoms with Crippen molar-refractivity contribution in [3.05, 3.63) is 29.8 Å². The van der Waals surface area contributed by atoms with Crippen LogP contribution in [0.5, 0.6) is 5.75 Å². The lowest BCUT2D eigenvalue weighted by Crippen LogP contribution is -2.37. The van der Waals surface area contributed by atoms with Gasteiger partial charge in [0.05, 0.1) is 6.61 Å². The first-order chi connectivity index (χ1) is 13.0. The summed E-state index contributed by atoms with van der Waals surface area (Å²) in [5, 5.41) is 5.86. The van der Waals surface area contributed by atoms with Crippen LogP contribution < -0.4 is 15.4 Å². The Kier molecular flexibility index (Phi) is 9.46. The van der Waals surface area contributed by atoms with Crippen LogP contribution in [0.3, 0.4) is 0 Å². The van der Waals surface area contributed by atoms with Crippen LogP contribution >= 0.6 is 0 Å². The number of amides is 2. The fourth-order valence-electron chi connectivity index (χ4n) is 3.36. The maximum absolute atomic E-state index is 11.9. The summed E-state index contributed by atoms with van der Waals surface area (Å²) in [7, 11) is 0. The molecule has 0 spiro atoms. The minimum absolute atomic E-state index is 0.0956. The van der Waals surface area contributed by atoms with Gasteiger partial charge in [0.2, 0.25) is 0 Å². The van der Waals surface area contributed by atoms with Crippen LogP contribution in [0.25, 0.3) is 0 Å². The summed E-state index contributed by atoms with van der Waals surface area (Å²) in [5.74, 6) is 2.22. The smallest absolute Gasteiger partial charge is 0.315 e. The van der Waals surface area contributed by atoms with Crippen molar-refractivity contribution in [2.45, 2.75) is 53.0 Å². The number of nitrogens with one attached hydrogen (secondary N) is 2. The molecular formula is C22H37N3O2. The van der Waals surface area contributed by atoms with Gasteiger partial charge in [-0.25, -0.2) is 4.79 Å². The zero-order valence-electron chi connectivity index (χ0n) is 17.3. The van der Waals surface area contributed by atoms with E-state index in [9.17, 15) is 4.79 Å². The Labute approximate surface area is 164 Å². The summed E-state index contributed by atoms with van der Waals surface area (Å²) in [6.45, 7) is 12.2. The van der Waals surface area contributed by atoms with E-state index in [1.165, 1.54) is 25.9 Å². The van der Waals surface area contributed by atoms with Gasteiger partial charge in [-0.2, -0.15) is 0 Å². The van der Waals surface area contributed by atoms with Crippen LogP contribution in [-0.4, -0.2) is 43.7 Å². The molecule has 1 fully saturated rings. The number of rotatable bonds is 10. The highest BCUT2D eigenvalue weighted by molar-refractivity contribution is 5.73. The van der Waals surface area contributed by atoms with E-state index in [2.05, 4.69) is 36.3 Å². The Bertz CT molecular complexity index is 545. The molecule has 0 aromatic heterocycles. The van der Waals surface area contributed by atoms with Gasteiger partial charge in [0.25, 0.3) is 0 Å². The van der Waals surface area contributed by atoms with E-state index in [1.807, 2.05) is 24.3 Å². The third-order valence-electron chi connectivity index (χ3n) is 4.89. The van der Waals surface area contributed by atoms with E-state index in [1.54, 1.807) is 0 Å². The molecule has 5 heteroatoms.